The summed E-state index contributed by atoms with van der Waals surface area (Å²) < 4.78 is 0. The highest BCUT2D eigenvalue weighted by Gasteiger charge is 2.40. The summed E-state index contributed by atoms with van der Waals surface area (Å²) >= 11 is 7.68. The van der Waals surface area contributed by atoms with E-state index < -0.39 is 6.04 Å². The number of nitrogens with one attached hydrogen (secondary N) is 3. The minimum Gasteiger partial charge on any atom is -0.352 e. The van der Waals surface area contributed by atoms with Crippen molar-refractivity contribution in [3.63, 3.8) is 0 Å². The van der Waals surface area contributed by atoms with E-state index in [2.05, 4.69) is 16.0 Å². The van der Waals surface area contributed by atoms with Crippen LogP contribution in [0.4, 0.5) is 5.69 Å². The number of carbonyl (C=O) groups is 3. The number of halogens is 1. The Morgan fingerprint density at radius 2 is 1.91 bits per heavy atom. The maximum Gasteiger partial charge on any atom is 0.256 e. The molecule has 0 bridgehead atoms. The number of anilines is 1. The van der Waals surface area contributed by atoms with E-state index >= 15 is 0 Å². The molecule has 3 atom stereocenters. The van der Waals surface area contributed by atoms with Crippen LogP contribution < -0.4 is 16.0 Å². The van der Waals surface area contributed by atoms with Crippen molar-refractivity contribution in [1.82, 2.24) is 15.5 Å². The monoisotopic (exact) mass is 470 g/mol. The zero-order valence-corrected chi connectivity index (χ0v) is 18.8. The van der Waals surface area contributed by atoms with Gasteiger partial charge in [-0.25, -0.2) is 0 Å². The second-order valence-electron chi connectivity index (χ2n) is 8.27. The largest absolute Gasteiger partial charge is 0.352 e. The predicted octanol–water partition coefficient (Wildman–Crippen LogP) is 2.71. The van der Waals surface area contributed by atoms with Gasteiger partial charge >= 0.3 is 0 Å². The Hall–Kier alpha value is -2.55. The third kappa shape index (κ3) is 4.10. The molecular formula is C23H23ClN4O3S. The van der Waals surface area contributed by atoms with E-state index in [-0.39, 0.29) is 29.8 Å². The predicted molar refractivity (Wildman–Crippen MR) is 126 cm³/mol. The van der Waals surface area contributed by atoms with Crippen LogP contribution in [0.15, 0.2) is 42.5 Å². The number of rotatable bonds is 3. The molecule has 0 radical (unpaired) electrons. The number of thioether (sulfide) groups is 1. The van der Waals surface area contributed by atoms with E-state index in [1.807, 2.05) is 24.3 Å². The summed E-state index contributed by atoms with van der Waals surface area (Å²) in [5.41, 5.74) is 2.81. The van der Waals surface area contributed by atoms with E-state index in [0.29, 0.717) is 35.7 Å². The molecule has 3 aliphatic heterocycles. The SMILES string of the molecule is O=C(N[C@H]1CCN2C(=O)c3cc(-c4ccc(Cl)cc4)ccc3NC(=O)[C@@H]2C1)[C@H]1CSCN1. The molecule has 0 spiro atoms. The van der Waals surface area contributed by atoms with Crippen LogP contribution in [0.2, 0.25) is 5.02 Å². The van der Waals surface area contributed by atoms with Crippen molar-refractivity contribution in [2.45, 2.75) is 31.0 Å². The molecule has 3 amide bonds. The van der Waals surface area contributed by atoms with Crippen LogP contribution in [-0.4, -0.2) is 58.9 Å². The third-order valence-corrected chi connectivity index (χ3v) is 7.42. The summed E-state index contributed by atoms with van der Waals surface area (Å²) in [5, 5.41) is 9.79. The molecule has 3 heterocycles. The first kappa shape index (κ1) is 21.3. The molecule has 0 aliphatic carbocycles. The van der Waals surface area contributed by atoms with Gasteiger partial charge in [0.1, 0.15) is 6.04 Å². The van der Waals surface area contributed by atoms with E-state index in [4.69, 9.17) is 11.6 Å². The van der Waals surface area contributed by atoms with Crippen molar-refractivity contribution >= 4 is 46.8 Å². The molecule has 0 unspecified atom stereocenters. The second kappa shape index (κ2) is 8.77. The Bertz CT molecular complexity index is 1070. The molecule has 166 valence electrons. The van der Waals surface area contributed by atoms with Crippen molar-refractivity contribution in [1.29, 1.82) is 0 Å². The summed E-state index contributed by atoms with van der Waals surface area (Å²) in [6, 6.07) is 11.9. The standard InChI is InChI=1S/C23H23ClN4O3S/c24-15-4-1-13(2-5-15)14-3-6-18-17(9-14)23(31)28-8-7-16(10-20(28)22(30)27-18)26-21(29)19-11-32-12-25-19/h1-6,9,16,19-20,25H,7-8,10-12H2,(H,26,29)(H,27,30)/t16-,19+,20-/m0/s1. The van der Waals surface area contributed by atoms with Crippen molar-refractivity contribution in [3.05, 3.63) is 53.1 Å². The van der Waals surface area contributed by atoms with Crippen LogP contribution in [0.25, 0.3) is 11.1 Å². The Balaban J connectivity index is 1.36. The van der Waals surface area contributed by atoms with Crippen molar-refractivity contribution in [3.8, 4) is 11.1 Å². The highest BCUT2D eigenvalue weighted by Crippen LogP contribution is 2.32. The lowest BCUT2D eigenvalue weighted by Gasteiger charge is -2.37. The molecule has 3 N–H and O–H groups in total. The van der Waals surface area contributed by atoms with Gasteiger partial charge in [0.2, 0.25) is 11.8 Å². The van der Waals surface area contributed by atoms with Gasteiger partial charge in [-0.1, -0.05) is 29.8 Å². The van der Waals surface area contributed by atoms with Crippen molar-refractivity contribution < 1.29 is 14.4 Å². The molecule has 3 aliphatic rings. The van der Waals surface area contributed by atoms with E-state index in [1.165, 1.54) is 0 Å². The number of carbonyl (C=O) groups excluding carboxylic acids is 3. The molecule has 2 aromatic rings. The van der Waals surface area contributed by atoms with E-state index in [9.17, 15) is 14.4 Å². The van der Waals surface area contributed by atoms with E-state index in [1.54, 1.807) is 34.9 Å². The molecule has 2 aromatic carbocycles. The van der Waals surface area contributed by atoms with Crippen molar-refractivity contribution in [2.75, 3.05) is 23.5 Å². The van der Waals surface area contributed by atoms with Crippen LogP contribution in [0, 0.1) is 0 Å². The molecule has 5 rings (SSSR count). The summed E-state index contributed by atoms with van der Waals surface area (Å²) in [6.45, 7) is 0.416. The average molecular weight is 471 g/mol. The summed E-state index contributed by atoms with van der Waals surface area (Å²) in [5.74, 6) is 1.09. The van der Waals surface area contributed by atoms with E-state index in [0.717, 1.165) is 22.8 Å². The molecule has 0 saturated carbocycles. The number of hydrogen-bond donors (Lipinski definition) is 3. The zero-order chi connectivity index (χ0) is 22.2. The van der Waals surface area contributed by atoms with Gasteiger partial charge in [0.05, 0.1) is 17.3 Å². The topological polar surface area (TPSA) is 90.5 Å². The number of amides is 3. The average Bonchev–Trinajstić information content (AvgIpc) is 3.32. The van der Waals surface area contributed by atoms with Gasteiger partial charge in [-0.15, -0.1) is 11.8 Å². The molecular weight excluding hydrogens is 448 g/mol. The highest BCUT2D eigenvalue weighted by molar-refractivity contribution is 7.99. The maximum absolute atomic E-state index is 13.4. The second-order valence-corrected chi connectivity index (χ2v) is 9.74. The maximum atomic E-state index is 13.4. The molecule has 0 aromatic heterocycles. The number of piperidine rings is 1. The van der Waals surface area contributed by atoms with Crippen molar-refractivity contribution in [2.24, 2.45) is 0 Å². The first-order chi connectivity index (χ1) is 15.5. The highest BCUT2D eigenvalue weighted by atomic mass is 35.5. The summed E-state index contributed by atoms with van der Waals surface area (Å²) in [6.07, 6.45) is 1.02. The molecule has 2 saturated heterocycles. The van der Waals surface area contributed by atoms with Gasteiger partial charge in [-0.3, -0.25) is 19.7 Å². The molecule has 7 nitrogen and oxygen atoms in total. The number of benzene rings is 2. The Labute approximate surface area is 195 Å². The molecule has 32 heavy (non-hydrogen) atoms. The summed E-state index contributed by atoms with van der Waals surface area (Å²) in [4.78, 5) is 40.5. The smallest absolute Gasteiger partial charge is 0.256 e. The minimum absolute atomic E-state index is 0.0373. The van der Waals surface area contributed by atoms with Gasteiger partial charge in [-0.2, -0.15) is 0 Å². The first-order valence-electron chi connectivity index (χ1n) is 10.6. The van der Waals surface area contributed by atoms with Gasteiger partial charge in [0.25, 0.3) is 5.91 Å². The van der Waals surface area contributed by atoms with Gasteiger partial charge < -0.3 is 15.5 Å². The van der Waals surface area contributed by atoms with Gasteiger partial charge in [0, 0.05) is 29.2 Å². The Kier molecular flexibility index (Phi) is 5.84. The Morgan fingerprint density at radius 1 is 1.12 bits per heavy atom. The third-order valence-electron chi connectivity index (χ3n) is 6.23. The fourth-order valence-electron chi connectivity index (χ4n) is 4.48. The quantitative estimate of drug-likeness (QED) is 0.641. The zero-order valence-electron chi connectivity index (χ0n) is 17.3. The number of hydrogen-bond acceptors (Lipinski definition) is 5. The Morgan fingerprint density at radius 3 is 2.66 bits per heavy atom. The number of fused-ring (bicyclic) bond motifs is 2. The van der Waals surface area contributed by atoms with Crippen LogP contribution in [0.5, 0.6) is 0 Å². The normalized spacial score (nSPS) is 24.9. The fourth-order valence-corrected chi connectivity index (χ4v) is 5.54. The summed E-state index contributed by atoms with van der Waals surface area (Å²) in [7, 11) is 0. The minimum atomic E-state index is -0.612. The molecule has 2 fully saturated rings. The van der Waals surface area contributed by atoms with Crippen LogP contribution in [-0.2, 0) is 9.59 Å². The fraction of sp³-hybridized carbons (Fsp3) is 0.348. The van der Waals surface area contributed by atoms with Gasteiger partial charge in [-0.05, 0) is 48.2 Å². The molecule has 9 heteroatoms. The van der Waals surface area contributed by atoms with Gasteiger partial charge in [0.15, 0.2) is 0 Å². The number of nitrogens with zero attached hydrogens (tertiary/aromatic N) is 1. The lowest BCUT2D eigenvalue weighted by Crippen LogP contribution is -2.56. The lowest BCUT2D eigenvalue weighted by molar-refractivity contribution is -0.125. The van der Waals surface area contributed by atoms with Crippen LogP contribution in [0.1, 0.15) is 23.2 Å². The lowest BCUT2D eigenvalue weighted by atomic mass is 9.95. The first-order valence-corrected chi connectivity index (χ1v) is 12.2. The van der Waals surface area contributed by atoms with Crippen LogP contribution in [0.3, 0.4) is 0 Å². The van der Waals surface area contributed by atoms with Crippen LogP contribution >= 0.6 is 23.4 Å².